The van der Waals surface area contributed by atoms with Gasteiger partial charge in [-0.05, 0) is 48.9 Å². The number of hydrogen-bond acceptors (Lipinski definition) is 2. The van der Waals surface area contributed by atoms with Gasteiger partial charge in [0.2, 0.25) is 0 Å². The number of carbonyl (C=O) groups is 1. The molecule has 98 valence electrons. The Balaban J connectivity index is 2.23. The third kappa shape index (κ3) is 3.09. The highest BCUT2D eigenvalue weighted by Gasteiger charge is 2.13. The van der Waals surface area contributed by atoms with E-state index in [1.807, 2.05) is 0 Å². The maximum absolute atomic E-state index is 13.0. The van der Waals surface area contributed by atoms with Crippen LogP contribution in [0.2, 0.25) is 5.02 Å². The van der Waals surface area contributed by atoms with Crippen LogP contribution in [0.15, 0.2) is 36.4 Å². The van der Waals surface area contributed by atoms with Crippen LogP contribution in [0.5, 0.6) is 5.75 Å². The molecule has 19 heavy (non-hydrogen) atoms. The molecule has 2 rings (SSSR count). The van der Waals surface area contributed by atoms with Crippen LogP contribution >= 0.6 is 11.6 Å². The van der Waals surface area contributed by atoms with Gasteiger partial charge in [-0.3, -0.25) is 0 Å². The summed E-state index contributed by atoms with van der Waals surface area (Å²) >= 11 is 5.78. The van der Waals surface area contributed by atoms with Gasteiger partial charge in [0, 0.05) is 5.02 Å². The molecule has 0 atom stereocenters. The second-order valence-electron chi connectivity index (χ2n) is 3.93. The van der Waals surface area contributed by atoms with E-state index in [0.717, 1.165) is 18.2 Å². The van der Waals surface area contributed by atoms with Gasteiger partial charge in [0.15, 0.2) is 11.6 Å². The van der Waals surface area contributed by atoms with Crippen LogP contribution in [0.1, 0.15) is 15.9 Å². The quantitative estimate of drug-likeness (QED) is 0.611. The van der Waals surface area contributed by atoms with Crippen molar-refractivity contribution in [2.24, 2.45) is 0 Å². The monoisotopic (exact) mass is 282 g/mol. The fourth-order valence-corrected chi connectivity index (χ4v) is 1.74. The molecule has 0 N–H and O–H groups in total. The Morgan fingerprint density at radius 2 is 1.84 bits per heavy atom. The van der Waals surface area contributed by atoms with Crippen LogP contribution in [0, 0.1) is 18.6 Å². The Morgan fingerprint density at radius 1 is 1.11 bits per heavy atom. The molecule has 0 bridgehead atoms. The molecule has 0 aliphatic carbocycles. The van der Waals surface area contributed by atoms with Crippen molar-refractivity contribution in [3.63, 3.8) is 0 Å². The van der Waals surface area contributed by atoms with Crippen LogP contribution in [0.25, 0.3) is 0 Å². The van der Waals surface area contributed by atoms with E-state index in [9.17, 15) is 13.6 Å². The van der Waals surface area contributed by atoms with E-state index in [0.29, 0.717) is 16.3 Å². The zero-order valence-corrected chi connectivity index (χ0v) is 10.7. The maximum atomic E-state index is 13.0. The summed E-state index contributed by atoms with van der Waals surface area (Å²) in [7, 11) is 0. The second-order valence-corrected chi connectivity index (χ2v) is 4.36. The lowest BCUT2D eigenvalue weighted by Crippen LogP contribution is -2.10. The van der Waals surface area contributed by atoms with Gasteiger partial charge < -0.3 is 4.74 Å². The molecular formula is C14H9ClF2O2. The molecule has 0 aliphatic rings. The first kappa shape index (κ1) is 13.5. The molecule has 0 heterocycles. The number of esters is 1. The van der Waals surface area contributed by atoms with Gasteiger partial charge >= 0.3 is 5.97 Å². The molecule has 0 unspecified atom stereocenters. The highest BCUT2D eigenvalue weighted by atomic mass is 35.5. The van der Waals surface area contributed by atoms with Gasteiger partial charge in [-0.1, -0.05) is 11.6 Å². The summed E-state index contributed by atoms with van der Waals surface area (Å²) in [5, 5.41) is 0.519. The van der Waals surface area contributed by atoms with Gasteiger partial charge in [0.1, 0.15) is 5.75 Å². The Hall–Kier alpha value is -1.94. The highest BCUT2D eigenvalue weighted by Crippen LogP contribution is 2.23. The minimum Gasteiger partial charge on any atom is -0.423 e. The maximum Gasteiger partial charge on any atom is 0.343 e. The molecule has 2 aromatic carbocycles. The molecule has 0 spiro atoms. The van der Waals surface area contributed by atoms with E-state index in [1.54, 1.807) is 19.1 Å². The first-order chi connectivity index (χ1) is 8.97. The van der Waals surface area contributed by atoms with Crippen LogP contribution in [-0.4, -0.2) is 5.97 Å². The van der Waals surface area contributed by atoms with Gasteiger partial charge in [0.05, 0.1) is 5.56 Å². The highest BCUT2D eigenvalue weighted by molar-refractivity contribution is 6.30. The Bertz CT molecular complexity index is 641. The van der Waals surface area contributed by atoms with Crippen molar-refractivity contribution in [2.75, 3.05) is 0 Å². The standard InChI is InChI=1S/C14H9ClF2O2/c1-8-6-10(15)3-5-13(8)19-14(18)9-2-4-11(16)12(17)7-9/h2-7H,1H3. The van der Waals surface area contributed by atoms with E-state index >= 15 is 0 Å². The fraction of sp³-hybridized carbons (Fsp3) is 0.0714. The Labute approximate surface area is 113 Å². The Morgan fingerprint density at radius 3 is 2.47 bits per heavy atom. The zero-order valence-electron chi connectivity index (χ0n) is 9.91. The summed E-state index contributed by atoms with van der Waals surface area (Å²) < 4.78 is 30.9. The number of aryl methyl sites for hydroxylation is 1. The third-order valence-corrected chi connectivity index (χ3v) is 2.73. The van der Waals surface area contributed by atoms with E-state index < -0.39 is 17.6 Å². The minimum absolute atomic E-state index is 0.0618. The lowest BCUT2D eigenvalue weighted by molar-refractivity contribution is 0.0733. The number of benzene rings is 2. The minimum atomic E-state index is -1.10. The molecule has 0 amide bonds. The van der Waals surface area contributed by atoms with Gasteiger partial charge in [-0.25, -0.2) is 13.6 Å². The molecule has 0 radical (unpaired) electrons. The normalized spacial score (nSPS) is 10.3. The van der Waals surface area contributed by atoms with Crippen molar-refractivity contribution in [1.82, 2.24) is 0 Å². The van der Waals surface area contributed by atoms with E-state index in [4.69, 9.17) is 16.3 Å². The summed E-state index contributed by atoms with van der Waals surface area (Å²) in [5.74, 6) is -2.55. The van der Waals surface area contributed by atoms with Crippen LogP contribution in [-0.2, 0) is 0 Å². The average Bonchev–Trinajstić information content (AvgIpc) is 2.36. The number of halogens is 3. The lowest BCUT2D eigenvalue weighted by Gasteiger charge is -2.07. The smallest absolute Gasteiger partial charge is 0.343 e. The van der Waals surface area contributed by atoms with Gasteiger partial charge in [-0.15, -0.1) is 0 Å². The summed E-state index contributed by atoms with van der Waals surface area (Å²) in [6.45, 7) is 1.72. The van der Waals surface area contributed by atoms with E-state index in [1.165, 1.54) is 6.07 Å². The molecule has 2 aromatic rings. The number of ether oxygens (including phenoxy) is 1. The molecule has 0 aliphatic heterocycles. The molecule has 5 heteroatoms. The Kier molecular flexibility index (Phi) is 3.81. The van der Waals surface area contributed by atoms with E-state index in [-0.39, 0.29) is 5.56 Å². The average molecular weight is 283 g/mol. The molecule has 2 nitrogen and oxygen atoms in total. The first-order valence-corrected chi connectivity index (χ1v) is 5.78. The summed E-state index contributed by atoms with van der Waals surface area (Å²) in [4.78, 5) is 11.8. The number of hydrogen-bond donors (Lipinski definition) is 0. The van der Waals surface area contributed by atoms with Gasteiger partial charge in [0.25, 0.3) is 0 Å². The number of carbonyl (C=O) groups excluding carboxylic acids is 1. The van der Waals surface area contributed by atoms with Crippen LogP contribution < -0.4 is 4.74 Å². The van der Waals surface area contributed by atoms with Crippen LogP contribution in [0.4, 0.5) is 8.78 Å². The van der Waals surface area contributed by atoms with Crippen molar-refractivity contribution in [1.29, 1.82) is 0 Å². The molecule has 0 saturated carbocycles. The zero-order chi connectivity index (χ0) is 14.0. The lowest BCUT2D eigenvalue weighted by atomic mass is 10.2. The topological polar surface area (TPSA) is 26.3 Å². The van der Waals surface area contributed by atoms with Crippen molar-refractivity contribution < 1.29 is 18.3 Å². The first-order valence-electron chi connectivity index (χ1n) is 5.41. The molecule has 0 saturated heterocycles. The molecular weight excluding hydrogens is 274 g/mol. The van der Waals surface area contributed by atoms with Crippen molar-refractivity contribution in [3.05, 3.63) is 64.2 Å². The summed E-state index contributed by atoms with van der Waals surface area (Å²) in [5.41, 5.74) is 0.608. The summed E-state index contributed by atoms with van der Waals surface area (Å²) in [6.07, 6.45) is 0. The van der Waals surface area contributed by atoms with E-state index in [2.05, 4.69) is 0 Å². The van der Waals surface area contributed by atoms with Crippen molar-refractivity contribution in [3.8, 4) is 5.75 Å². The fourth-order valence-electron chi connectivity index (χ4n) is 1.51. The SMILES string of the molecule is Cc1cc(Cl)ccc1OC(=O)c1ccc(F)c(F)c1. The van der Waals surface area contributed by atoms with Crippen molar-refractivity contribution in [2.45, 2.75) is 6.92 Å². The molecule has 0 aromatic heterocycles. The molecule has 0 fully saturated rings. The number of rotatable bonds is 2. The summed E-state index contributed by atoms with van der Waals surface area (Å²) in [6, 6.07) is 7.57. The largest absolute Gasteiger partial charge is 0.423 e. The van der Waals surface area contributed by atoms with Crippen molar-refractivity contribution >= 4 is 17.6 Å². The third-order valence-electron chi connectivity index (χ3n) is 2.49. The van der Waals surface area contributed by atoms with Crippen LogP contribution in [0.3, 0.4) is 0 Å². The second kappa shape index (κ2) is 5.36. The van der Waals surface area contributed by atoms with Gasteiger partial charge in [-0.2, -0.15) is 0 Å². The predicted molar refractivity (Wildman–Crippen MR) is 67.5 cm³/mol. The predicted octanol–water partition coefficient (Wildman–Crippen LogP) is 4.15.